The topological polar surface area (TPSA) is 21.3 Å². The predicted molar refractivity (Wildman–Crippen MR) is 67.1 cm³/mol. The summed E-state index contributed by atoms with van der Waals surface area (Å²) < 4.78 is 40.9. The minimum atomic E-state index is -4.27. The number of likely N-dealkylation sites (N-methyl/N-ethyl adjacent to an activating group) is 1. The van der Waals surface area contributed by atoms with Crippen LogP contribution in [-0.4, -0.2) is 25.9 Å². The molecule has 2 nitrogen and oxygen atoms in total. The third-order valence-corrected chi connectivity index (χ3v) is 3.44. The van der Waals surface area contributed by atoms with Gasteiger partial charge in [0, 0.05) is 9.75 Å². The first-order chi connectivity index (χ1) is 8.33. The summed E-state index contributed by atoms with van der Waals surface area (Å²) in [5.74, 6) is 0. The Morgan fingerprint density at radius 1 is 1.39 bits per heavy atom. The zero-order valence-corrected chi connectivity index (χ0v) is 11.5. The Morgan fingerprint density at radius 2 is 2.06 bits per heavy atom. The SMILES string of the molecule is CCNC(COCC(F)(F)F)c1cc(C)sc1C. The highest BCUT2D eigenvalue weighted by Gasteiger charge is 2.28. The van der Waals surface area contributed by atoms with Gasteiger partial charge < -0.3 is 10.1 Å². The number of rotatable bonds is 6. The van der Waals surface area contributed by atoms with Crippen molar-refractivity contribution in [1.82, 2.24) is 5.32 Å². The lowest BCUT2D eigenvalue weighted by Gasteiger charge is -2.18. The molecule has 1 heterocycles. The van der Waals surface area contributed by atoms with E-state index >= 15 is 0 Å². The van der Waals surface area contributed by atoms with E-state index in [9.17, 15) is 13.2 Å². The largest absolute Gasteiger partial charge is 0.411 e. The summed E-state index contributed by atoms with van der Waals surface area (Å²) in [7, 11) is 0. The van der Waals surface area contributed by atoms with E-state index in [0.29, 0.717) is 6.54 Å². The molecular formula is C12H18F3NOS. The fraction of sp³-hybridized carbons (Fsp3) is 0.667. The van der Waals surface area contributed by atoms with E-state index in [1.807, 2.05) is 26.8 Å². The molecule has 1 N–H and O–H groups in total. The van der Waals surface area contributed by atoms with Crippen molar-refractivity contribution in [3.63, 3.8) is 0 Å². The third-order valence-electron chi connectivity index (χ3n) is 2.46. The van der Waals surface area contributed by atoms with E-state index in [0.717, 1.165) is 15.3 Å². The summed E-state index contributed by atoms with van der Waals surface area (Å²) in [6, 6.07) is 1.83. The number of halogens is 3. The highest BCUT2D eigenvalue weighted by molar-refractivity contribution is 7.12. The van der Waals surface area contributed by atoms with Gasteiger partial charge in [0.05, 0.1) is 12.6 Å². The summed E-state index contributed by atoms with van der Waals surface area (Å²) in [5, 5.41) is 3.15. The molecule has 18 heavy (non-hydrogen) atoms. The van der Waals surface area contributed by atoms with Gasteiger partial charge in [0.25, 0.3) is 0 Å². The van der Waals surface area contributed by atoms with Crippen LogP contribution < -0.4 is 5.32 Å². The van der Waals surface area contributed by atoms with Crippen LogP contribution in [0.5, 0.6) is 0 Å². The van der Waals surface area contributed by atoms with Gasteiger partial charge in [-0.3, -0.25) is 0 Å². The molecule has 1 unspecified atom stereocenters. The molecule has 1 rings (SSSR count). The van der Waals surface area contributed by atoms with Crippen LogP contribution in [0.15, 0.2) is 6.07 Å². The second-order valence-corrected chi connectivity index (χ2v) is 5.57. The van der Waals surface area contributed by atoms with Gasteiger partial charge in [-0.1, -0.05) is 6.92 Å². The molecular weight excluding hydrogens is 263 g/mol. The van der Waals surface area contributed by atoms with E-state index in [-0.39, 0.29) is 12.6 Å². The highest BCUT2D eigenvalue weighted by Crippen LogP contribution is 2.27. The van der Waals surface area contributed by atoms with Gasteiger partial charge in [0.2, 0.25) is 0 Å². The van der Waals surface area contributed by atoms with Crippen molar-refractivity contribution in [2.45, 2.75) is 33.0 Å². The summed E-state index contributed by atoms with van der Waals surface area (Å²) in [6.07, 6.45) is -4.27. The monoisotopic (exact) mass is 281 g/mol. The minimum Gasteiger partial charge on any atom is -0.370 e. The second kappa shape index (κ2) is 6.54. The molecule has 0 radical (unpaired) electrons. The summed E-state index contributed by atoms with van der Waals surface area (Å²) >= 11 is 1.64. The molecule has 0 aromatic carbocycles. The average Bonchev–Trinajstić information content (AvgIpc) is 2.55. The molecule has 0 saturated carbocycles. The fourth-order valence-corrected chi connectivity index (χ4v) is 2.78. The zero-order chi connectivity index (χ0) is 13.8. The lowest BCUT2D eigenvalue weighted by molar-refractivity contribution is -0.175. The molecule has 0 fully saturated rings. The first kappa shape index (κ1) is 15.5. The molecule has 0 spiro atoms. The van der Waals surface area contributed by atoms with Gasteiger partial charge in [0.1, 0.15) is 6.61 Å². The molecule has 0 saturated heterocycles. The summed E-state index contributed by atoms with van der Waals surface area (Å²) in [6.45, 7) is 5.41. The van der Waals surface area contributed by atoms with Crippen LogP contribution in [0.3, 0.4) is 0 Å². The number of aryl methyl sites for hydroxylation is 2. The quantitative estimate of drug-likeness (QED) is 0.860. The van der Waals surface area contributed by atoms with Gasteiger partial charge in [-0.15, -0.1) is 11.3 Å². The number of hydrogen-bond acceptors (Lipinski definition) is 3. The van der Waals surface area contributed by atoms with Crippen LogP contribution in [-0.2, 0) is 4.74 Å². The third kappa shape index (κ3) is 4.96. The standard InChI is InChI=1S/C12H18F3NOS/c1-4-16-11(6-17-7-12(13,14)15)10-5-8(2)18-9(10)3/h5,11,16H,4,6-7H2,1-3H3. The lowest BCUT2D eigenvalue weighted by Crippen LogP contribution is -2.28. The van der Waals surface area contributed by atoms with Crippen molar-refractivity contribution >= 4 is 11.3 Å². The molecule has 6 heteroatoms. The molecule has 1 aromatic rings. The van der Waals surface area contributed by atoms with Crippen molar-refractivity contribution < 1.29 is 17.9 Å². The van der Waals surface area contributed by atoms with Crippen molar-refractivity contribution in [3.05, 3.63) is 21.4 Å². The minimum absolute atomic E-state index is 0.0321. The first-order valence-electron chi connectivity index (χ1n) is 5.78. The van der Waals surface area contributed by atoms with Crippen LogP contribution in [0, 0.1) is 13.8 Å². The number of hydrogen-bond donors (Lipinski definition) is 1. The maximum atomic E-state index is 12.0. The fourth-order valence-electron chi connectivity index (χ4n) is 1.79. The van der Waals surface area contributed by atoms with Gasteiger partial charge in [-0.2, -0.15) is 13.2 Å². The van der Waals surface area contributed by atoms with E-state index in [1.165, 1.54) is 0 Å². The van der Waals surface area contributed by atoms with Gasteiger partial charge in [-0.25, -0.2) is 0 Å². The van der Waals surface area contributed by atoms with Crippen LogP contribution >= 0.6 is 11.3 Å². The predicted octanol–water partition coefficient (Wildman–Crippen LogP) is 3.59. The lowest BCUT2D eigenvalue weighted by atomic mass is 10.1. The molecule has 1 aromatic heterocycles. The average molecular weight is 281 g/mol. The second-order valence-electron chi connectivity index (χ2n) is 4.11. The van der Waals surface area contributed by atoms with Crippen molar-refractivity contribution in [1.29, 1.82) is 0 Å². The summed E-state index contributed by atoms with van der Waals surface area (Å²) in [4.78, 5) is 2.27. The van der Waals surface area contributed by atoms with Gasteiger partial charge in [0.15, 0.2) is 0 Å². The maximum Gasteiger partial charge on any atom is 0.411 e. The Kier molecular flexibility index (Phi) is 5.62. The van der Waals surface area contributed by atoms with Crippen LogP contribution in [0.4, 0.5) is 13.2 Å². The van der Waals surface area contributed by atoms with Crippen molar-refractivity contribution in [2.75, 3.05) is 19.8 Å². The molecule has 1 atom stereocenters. The zero-order valence-electron chi connectivity index (χ0n) is 10.7. The van der Waals surface area contributed by atoms with Crippen LogP contribution in [0.25, 0.3) is 0 Å². The molecule has 0 aliphatic rings. The number of thiophene rings is 1. The van der Waals surface area contributed by atoms with Crippen molar-refractivity contribution in [2.24, 2.45) is 0 Å². The molecule has 0 bridgehead atoms. The van der Waals surface area contributed by atoms with E-state index in [1.54, 1.807) is 11.3 Å². The number of nitrogens with one attached hydrogen (secondary N) is 1. The Balaban J connectivity index is 2.63. The Hall–Kier alpha value is -0.590. The van der Waals surface area contributed by atoms with E-state index < -0.39 is 12.8 Å². The normalized spacial score (nSPS) is 13.9. The Bertz CT molecular complexity index is 376. The molecule has 0 aliphatic carbocycles. The van der Waals surface area contributed by atoms with Crippen LogP contribution in [0.1, 0.15) is 28.3 Å². The Morgan fingerprint density at radius 3 is 2.50 bits per heavy atom. The van der Waals surface area contributed by atoms with E-state index in [2.05, 4.69) is 5.32 Å². The molecule has 104 valence electrons. The maximum absolute atomic E-state index is 12.0. The number of ether oxygens (including phenoxy) is 1. The molecule has 0 aliphatic heterocycles. The smallest absolute Gasteiger partial charge is 0.370 e. The molecule has 0 amide bonds. The van der Waals surface area contributed by atoms with Gasteiger partial charge >= 0.3 is 6.18 Å². The van der Waals surface area contributed by atoms with Crippen LogP contribution in [0.2, 0.25) is 0 Å². The highest BCUT2D eigenvalue weighted by atomic mass is 32.1. The van der Waals surface area contributed by atoms with E-state index in [4.69, 9.17) is 4.74 Å². The van der Waals surface area contributed by atoms with Crippen molar-refractivity contribution in [3.8, 4) is 0 Å². The first-order valence-corrected chi connectivity index (χ1v) is 6.60. The van der Waals surface area contributed by atoms with Gasteiger partial charge in [-0.05, 0) is 32.0 Å². The number of alkyl halides is 3. The Labute approximate surface area is 109 Å². The summed E-state index contributed by atoms with van der Waals surface area (Å²) in [5.41, 5.74) is 1.03.